The summed E-state index contributed by atoms with van der Waals surface area (Å²) in [7, 11) is 0. The summed E-state index contributed by atoms with van der Waals surface area (Å²) in [5.41, 5.74) is 3.09. The summed E-state index contributed by atoms with van der Waals surface area (Å²) in [4.78, 5) is 41.3. The van der Waals surface area contributed by atoms with Gasteiger partial charge in [0.1, 0.15) is 17.3 Å². The lowest BCUT2D eigenvalue weighted by Crippen LogP contribution is -2.44. The van der Waals surface area contributed by atoms with Crippen molar-refractivity contribution in [1.82, 2.24) is 34.4 Å². The molecule has 1 aliphatic carbocycles. The van der Waals surface area contributed by atoms with Crippen molar-refractivity contribution in [1.29, 1.82) is 0 Å². The molecule has 8 rings (SSSR count). The minimum absolute atomic E-state index is 0.0400. The molecule has 1 saturated carbocycles. The predicted molar refractivity (Wildman–Crippen MR) is 195 cm³/mol. The van der Waals surface area contributed by atoms with Gasteiger partial charge in [-0.15, -0.1) is 0 Å². The first-order valence-electron chi connectivity index (χ1n) is 17.3. The van der Waals surface area contributed by atoms with Crippen molar-refractivity contribution >= 4 is 28.6 Å². The Hall–Kier alpha value is -4.63. The summed E-state index contributed by atoms with van der Waals surface area (Å²) < 4.78 is 30.9. The van der Waals surface area contributed by atoms with E-state index < -0.39 is 17.1 Å². The molecular weight excluding hydrogens is 675 g/mol. The number of benzene rings is 2. The van der Waals surface area contributed by atoms with E-state index in [4.69, 9.17) is 0 Å². The van der Waals surface area contributed by atoms with Crippen molar-refractivity contribution in [3.05, 3.63) is 111 Å². The van der Waals surface area contributed by atoms with Crippen LogP contribution in [0.25, 0.3) is 27.8 Å². The molecule has 2 aromatic carbocycles. The molecule has 0 bridgehead atoms. The maximum Gasteiger partial charge on any atom is 0.337 e. The van der Waals surface area contributed by atoms with Crippen LogP contribution in [0.1, 0.15) is 37.3 Å². The first-order chi connectivity index (χ1) is 24.8. The van der Waals surface area contributed by atoms with Crippen LogP contribution in [0.4, 0.5) is 8.87 Å². The second-order valence-corrected chi connectivity index (χ2v) is 14.6. The molecule has 5 heterocycles. The summed E-state index contributed by atoms with van der Waals surface area (Å²) in [5.74, 6) is 2.36. The topological polar surface area (TPSA) is 114 Å². The molecule has 0 spiro atoms. The first-order valence-corrected chi connectivity index (χ1v) is 18.4. The van der Waals surface area contributed by atoms with Gasteiger partial charge in [-0.1, -0.05) is 27.6 Å². The number of aromatic hydroxyl groups is 1. The van der Waals surface area contributed by atoms with Crippen LogP contribution in [0.3, 0.4) is 0 Å². The van der Waals surface area contributed by atoms with Crippen molar-refractivity contribution in [2.24, 2.45) is 4.99 Å². The molecule has 263 valence electrons. The Morgan fingerprint density at radius 2 is 1.86 bits per heavy atom. The van der Waals surface area contributed by atoms with Crippen LogP contribution < -0.4 is 21.5 Å². The number of fused-ring (bicyclic) bond motifs is 2. The van der Waals surface area contributed by atoms with Crippen molar-refractivity contribution in [3.8, 4) is 22.6 Å². The Kier molecular flexibility index (Phi) is 9.32. The lowest BCUT2D eigenvalue weighted by Gasteiger charge is -2.30. The second-order valence-electron chi connectivity index (χ2n) is 13.4. The Bertz CT molecular complexity index is 2190. The lowest BCUT2D eigenvalue weighted by molar-refractivity contribution is 0.0711. The molecule has 0 unspecified atom stereocenters. The van der Waals surface area contributed by atoms with Crippen molar-refractivity contribution in [2.75, 3.05) is 37.8 Å². The van der Waals surface area contributed by atoms with E-state index >= 15 is 0 Å². The molecule has 0 amide bonds. The van der Waals surface area contributed by atoms with E-state index in [1.807, 2.05) is 42.2 Å². The van der Waals surface area contributed by atoms with Crippen molar-refractivity contribution in [3.63, 3.8) is 0 Å². The SMILES string of the molecule is O=c1c2cc(F)cnc2n(-c2cccc(-c3ccc(O)cc3CN3CCSCC3)c2)c(=O)n1C1CCC(NCC2=C[N+]3CN(F)C=CC3=N2)CC1. The van der Waals surface area contributed by atoms with Gasteiger partial charge in [-0.3, -0.25) is 14.3 Å². The number of phenols is 1. The van der Waals surface area contributed by atoms with E-state index in [0.717, 1.165) is 72.1 Å². The average molecular weight is 713 g/mol. The number of halogens is 2. The van der Waals surface area contributed by atoms with Crippen LogP contribution in [0.15, 0.2) is 93.5 Å². The molecule has 11 nitrogen and oxygen atoms in total. The highest BCUT2D eigenvalue weighted by atomic mass is 32.2. The van der Waals surface area contributed by atoms with Gasteiger partial charge >= 0.3 is 5.69 Å². The summed E-state index contributed by atoms with van der Waals surface area (Å²) in [6, 6.07) is 13.8. The number of nitrogens with one attached hydrogen (secondary N) is 1. The molecule has 4 aliphatic rings. The van der Waals surface area contributed by atoms with Crippen LogP contribution in [-0.4, -0.2) is 78.9 Å². The number of thioether (sulfide) groups is 1. The minimum atomic E-state index is -0.654. The quantitative estimate of drug-likeness (QED) is 0.199. The smallest absolute Gasteiger partial charge is 0.337 e. The number of amidine groups is 1. The lowest BCUT2D eigenvalue weighted by atomic mass is 9.91. The molecule has 1 radical (unpaired) electrons. The highest BCUT2D eigenvalue weighted by molar-refractivity contribution is 7.99. The summed E-state index contributed by atoms with van der Waals surface area (Å²) in [5, 5.41) is 14.5. The van der Waals surface area contributed by atoms with Crippen LogP contribution in [-0.2, 0) is 6.54 Å². The van der Waals surface area contributed by atoms with Gasteiger partial charge in [-0.2, -0.15) is 21.9 Å². The van der Waals surface area contributed by atoms with Gasteiger partial charge in [0.15, 0.2) is 11.8 Å². The Morgan fingerprint density at radius 1 is 1.04 bits per heavy atom. The van der Waals surface area contributed by atoms with Crippen LogP contribution in [0.5, 0.6) is 5.75 Å². The maximum atomic E-state index is 14.6. The zero-order chi connectivity index (χ0) is 35.1. The first kappa shape index (κ1) is 33.5. The molecule has 51 heavy (non-hydrogen) atoms. The molecule has 0 atom stereocenters. The molecule has 4 aromatic rings. The third-order valence-corrected chi connectivity index (χ3v) is 11.0. The van der Waals surface area contributed by atoms with Gasteiger partial charge < -0.3 is 10.4 Å². The largest absolute Gasteiger partial charge is 0.508 e. The number of hydrogen-bond donors (Lipinski definition) is 2. The number of aliphatic imine (C=N–C) groups is 1. The van der Waals surface area contributed by atoms with E-state index in [1.165, 1.54) is 15.3 Å². The molecule has 1 saturated heterocycles. The molecule has 2 N–H and O–H groups in total. The second kappa shape index (κ2) is 14.2. The van der Waals surface area contributed by atoms with Crippen LogP contribution in [0, 0.1) is 5.82 Å². The number of nitrogens with zero attached hydrogens (tertiary/aromatic N) is 7. The van der Waals surface area contributed by atoms with E-state index in [-0.39, 0.29) is 35.5 Å². The van der Waals surface area contributed by atoms with Gasteiger partial charge in [0, 0.05) is 62.0 Å². The monoisotopic (exact) mass is 712 g/mol. The zero-order valence-corrected chi connectivity index (χ0v) is 28.7. The van der Waals surface area contributed by atoms with E-state index in [0.29, 0.717) is 42.6 Å². The number of phenolic OH excluding ortho intramolecular Hbond substituents is 1. The molecule has 2 aromatic heterocycles. The van der Waals surface area contributed by atoms with Gasteiger partial charge in [0.2, 0.25) is 6.67 Å². The van der Waals surface area contributed by atoms with Crippen molar-refractivity contribution in [2.45, 2.75) is 44.3 Å². The van der Waals surface area contributed by atoms with E-state index in [2.05, 4.69) is 20.2 Å². The zero-order valence-electron chi connectivity index (χ0n) is 27.9. The molecular formula is C37H38F2N8O3S+. The van der Waals surface area contributed by atoms with Gasteiger partial charge in [-0.05, 0) is 72.7 Å². The van der Waals surface area contributed by atoms with Gasteiger partial charge in [0.05, 0.1) is 17.3 Å². The number of hydrogen-bond acceptors (Lipinski definition) is 10. The van der Waals surface area contributed by atoms with Crippen LogP contribution >= 0.6 is 11.8 Å². The third kappa shape index (κ3) is 6.88. The van der Waals surface area contributed by atoms with Gasteiger partial charge in [-0.25, -0.2) is 18.7 Å². The van der Waals surface area contributed by atoms with E-state index in [1.54, 1.807) is 29.2 Å². The van der Waals surface area contributed by atoms with Crippen LogP contribution in [0.2, 0.25) is 0 Å². The number of pyridine rings is 1. The van der Waals surface area contributed by atoms with Crippen molar-refractivity contribution < 1.29 is 14.0 Å². The average Bonchev–Trinajstić information content (AvgIpc) is 3.54. The molecule has 3 aliphatic heterocycles. The Morgan fingerprint density at radius 3 is 2.69 bits per heavy atom. The Balaban J connectivity index is 1.08. The Labute approximate surface area is 297 Å². The minimum Gasteiger partial charge on any atom is -0.508 e. The maximum absolute atomic E-state index is 14.6. The highest BCUT2D eigenvalue weighted by Gasteiger charge is 2.33. The fourth-order valence-electron chi connectivity index (χ4n) is 7.49. The fraction of sp³-hybridized carbons (Fsp3) is 0.351. The highest BCUT2D eigenvalue weighted by Crippen LogP contribution is 2.31. The number of rotatable bonds is 8. The summed E-state index contributed by atoms with van der Waals surface area (Å²) in [6.07, 6.45) is 8.43. The van der Waals surface area contributed by atoms with E-state index in [9.17, 15) is 23.6 Å². The van der Waals surface area contributed by atoms with Gasteiger partial charge in [0.25, 0.3) is 11.4 Å². The molecule has 14 heteroatoms. The third-order valence-electron chi connectivity index (χ3n) is 10.1. The summed E-state index contributed by atoms with van der Waals surface area (Å²) >= 11 is 1.94. The number of aromatic nitrogens is 3. The predicted octanol–water partition coefficient (Wildman–Crippen LogP) is 4.75. The summed E-state index contributed by atoms with van der Waals surface area (Å²) in [6.45, 7) is 3.22. The normalized spacial score (nSPS) is 21.2. The fourth-order valence-corrected chi connectivity index (χ4v) is 8.47. The molecule has 2 fully saturated rings. The standard InChI is InChI=1S/C37H38F2N8O3S/c38-26-18-33-35(41-19-26)46(30-3-1-2-24(16-30)32-9-8-31(48)17-25(32)21-43-12-14-51-15-13-43)37(50)47(36(33)49)29-6-4-27(5-7-29)40-20-28-22-44-23-45(39)11-10-34(44)42-28/h1-3,8-11,16-19,22,27,29,40,48H,4-7,12-15,20-21,23H2/q+1.